The van der Waals surface area contributed by atoms with Crippen LogP contribution in [0.2, 0.25) is 5.02 Å². The highest BCUT2D eigenvalue weighted by atomic mass is 35.5. The van der Waals surface area contributed by atoms with Crippen LogP contribution in [0.25, 0.3) is 0 Å². The number of ether oxygens (including phenoxy) is 1. The fourth-order valence-corrected chi connectivity index (χ4v) is 2.06. The molecule has 1 atom stereocenters. The minimum absolute atomic E-state index is 0.0262. The second kappa shape index (κ2) is 6.73. The summed E-state index contributed by atoms with van der Waals surface area (Å²) in [6, 6.07) is 2.83. The van der Waals surface area contributed by atoms with E-state index in [1.165, 1.54) is 12.1 Å². The van der Waals surface area contributed by atoms with Crippen molar-refractivity contribution in [3.63, 3.8) is 0 Å². The molecule has 1 rings (SSSR count). The van der Waals surface area contributed by atoms with E-state index in [0.717, 1.165) is 0 Å². The molecule has 104 valence electrons. The van der Waals surface area contributed by atoms with Crippen molar-refractivity contribution in [1.29, 1.82) is 0 Å². The van der Waals surface area contributed by atoms with Gasteiger partial charge in [0.1, 0.15) is 10.4 Å². The predicted molar refractivity (Wildman–Crippen MR) is 72.8 cm³/mol. The van der Waals surface area contributed by atoms with Gasteiger partial charge in [0.2, 0.25) is 0 Å². The zero-order chi connectivity index (χ0) is 14.6. The van der Waals surface area contributed by atoms with Crippen molar-refractivity contribution >= 4 is 34.9 Å². The number of alkyl halides is 1. The van der Waals surface area contributed by atoms with Crippen molar-refractivity contribution in [2.24, 2.45) is 0 Å². The number of esters is 1. The summed E-state index contributed by atoms with van der Waals surface area (Å²) in [5.41, 5.74) is 1.18. The molecule has 0 bridgehead atoms. The zero-order valence-electron chi connectivity index (χ0n) is 10.5. The molecule has 0 amide bonds. The van der Waals surface area contributed by atoms with Crippen LogP contribution in [0.4, 0.5) is 5.69 Å². The molecule has 0 aliphatic rings. The molecule has 1 unspecified atom stereocenters. The second-order valence-corrected chi connectivity index (χ2v) is 4.84. The van der Waals surface area contributed by atoms with Crippen LogP contribution in [-0.4, -0.2) is 22.9 Å². The van der Waals surface area contributed by atoms with Crippen LogP contribution in [0.15, 0.2) is 12.1 Å². The Morgan fingerprint density at radius 2 is 2.16 bits per heavy atom. The quantitative estimate of drug-likeness (QED) is 0.362. The van der Waals surface area contributed by atoms with Gasteiger partial charge in [0.05, 0.1) is 11.5 Å². The molecule has 0 aliphatic carbocycles. The van der Waals surface area contributed by atoms with E-state index in [-0.39, 0.29) is 23.7 Å². The molecule has 0 heterocycles. The molecule has 0 N–H and O–H groups in total. The molecule has 5 nitrogen and oxygen atoms in total. The molecule has 0 saturated heterocycles. The molecule has 0 aliphatic heterocycles. The van der Waals surface area contributed by atoms with E-state index in [1.807, 2.05) is 0 Å². The minimum atomic E-state index is -0.837. The number of benzene rings is 1. The highest BCUT2D eigenvalue weighted by Crippen LogP contribution is 2.29. The van der Waals surface area contributed by atoms with E-state index in [1.54, 1.807) is 13.8 Å². The van der Waals surface area contributed by atoms with Crippen LogP contribution in [0, 0.1) is 17.0 Å². The highest BCUT2D eigenvalue weighted by molar-refractivity contribution is 6.33. The first-order valence-electron chi connectivity index (χ1n) is 5.61. The number of nitrogens with zero attached hydrogens (tertiary/aromatic N) is 1. The van der Waals surface area contributed by atoms with Crippen LogP contribution in [0.3, 0.4) is 0 Å². The number of rotatable bonds is 5. The van der Waals surface area contributed by atoms with Crippen LogP contribution in [-0.2, 0) is 16.0 Å². The van der Waals surface area contributed by atoms with Gasteiger partial charge in [-0.15, -0.1) is 11.6 Å². The molecular weight excluding hydrogens is 293 g/mol. The summed E-state index contributed by atoms with van der Waals surface area (Å²) >= 11 is 11.7. The van der Waals surface area contributed by atoms with Gasteiger partial charge in [0, 0.05) is 6.07 Å². The topological polar surface area (TPSA) is 69.4 Å². The van der Waals surface area contributed by atoms with Crippen molar-refractivity contribution in [3.8, 4) is 0 Å². The second-order valence-electron chi connectivity index (χ2n) is 3.91. The molecule has 1 aromatic rings. The van der Waals surface area contributed by atoms with Gasteiger partial charge < -0.3 is 4.74 Å². The molecule has 0 saturated carbocycles. The van der Waals surface area contributed by atoms with Gasteiger partial charge in [0.15, 0.2) is 0 Å². The lowest BCUT2D eigenvalue weighted by Crippen LogP contribution is -2.20. The Bertz CT molecular complexity index is 505. The molecule has 0 spiro atoms. The molecule has 0 fully saturated rings. The molecule has 0 radical (unpaired) electrons. The Kier molecular flexibility index (Phi) is 5.57. The van der Waals surface area contributed by atoms with Gasteiger partial charge in [0.25, 0.3) is 5.69 Å². The zero-order valence-corrected chi connectivity index (χ0v) is 12.0. The lowest BCUT2D eigenvalue weighted by Gasteiger charge is -2.11. The summed E-state index contributed by atoms with van der Waals surface area (Å²) in [6.07, 6.45) is 0.212. The third-order valence-corrected chi connectivity index (χ3v) is 3.18. The smallest absolute Gasteiger partial charge is 0.324 e. The molecule has 7 heteroatoms. The number of hydrogen-bond acceptors (Lipinski definition) is 4. The number of hydrogen-bond donors (Lipinski definition) is 0. The van der Waals surface area contributed by atoms with E-state index in [4.69, 9.17) is 27.9 Å². The molecule has 1 aromatic carbocycles. The van der Waals surface area contributed by atoms with Crippen molar-refractivity contribution in [3.05, 3.63) is 38.4 Å². The summed E-state index contributed by atoms with van der Waals surface area (Å²) in [5, 5.41) is 9.91. The van der Waals surface area contributed by atoms with Crippen LogP contribution >= 0.6 is 23.2 Å². The van der Waals surface area contributed by atoms with Gasteiger partial charge >= 0.3 is 5.97 Å². The number of carbonyl (C=O) groups excluding carboxylic acids is 1. The maximum absolute atomic E-state index is 11.4. The van der Waals surface area contributed by atoms with Gasteiger partial charge in [-0.3, -0.25) is 14.9 Å². The predicted octanol–water partition coefficient (Wildman–Crippen LogP) is 3.27. The van der Waals surface area contributed by atoms with Crippen LogP contribution < -0.4 is 0 Å². The van der Waals surface area contributed by atoms with E-state index < -0.39 is 16.3 Å². The average molecular weight is 306 g/mol. The number of aryl methyl sites for hydroxylation is 1. The van der Waals surface area contributed by atoms with Crippen LogP contribution in [0.1, 0.15) is 18.1 Å². The first-order chi connectivity index (χ1) is 8.86. The largest absolute Gasteiger partial charge is 0.465 e. The fourth-order valence-electron chi connectivity index (χ4n) is 1.58. The average Bonchev–Trinajstić information content (AvgIpc) is 2.33. The highest BCUT2D eigenvalue weighted by Gasteiger charge is 2.21. The molecular formula is C12H13Cl2NO4. The summed E-state index contributed by atoms with van der Waals surface area (Å²) in [6.45, 7) is 3.64. The Morgan fingerprint density at radius 1 is 1.53 bits per heavy atom. The van der Waals surface area contributed by atoms with Gasteiger partial charge in [-0.25, -0.2) is 0 Å². The summed E-state index contributed by atoms with van der Waals surface area (Å²) in [7, 11) is 0. The van der Waals surface area contributed by atoms with E-state index in [9.17, 15) is 14.9 Å². The Hall–Kier alpha value is -1.33. The van der Waals surface area contributed by atoms with Crippen molar-refractivity contribution in [1.82, 2.24) is 0 Å². The fraction of sp³-hybridized carbons (Fsp3) is 0.417. The summed E-state index contributed by atoms with van der Waals surface area (Å²) in [4.78, 5) is 21.6. The number of nitro benzene ring substituents is 1. The van der Waals surface area contributed by atoms with Crippen molar-refractivity contribution < 1.29 is 14.5 Å². The van der Waals surface area contributed by atoms with Crippen molar-refractivity contribution in [2.45, 2.75) is 25.6 Å². The minimum Gasteiger partial charge on any atom is -0.465 e. The van der Waals surface area contributed by atoms with Gasteiger partial charge in [-0.2, -0.15) is 0 Å². The lowest BCUT2D eigenvalue weighted by atomic mass is 10.0. The maximum atomic E-state index is 11.4. The SMILES string of the molecule is CCOC(=O)C(Cl)Cc1cc(Cl)c([N+](=O)[O-])cc1C. The van der Waals surface area contributed by atoms with E-state index in [0.29, 0.717) is 11.1 Å². The maximum Gasteiger partial charge on any atom is 0.324 e. The van der Waals surface area contributed by atoms with Crippen molar-refractivity contribution in [2.75, 3.05) is 6.61 Å². The number of carbonyl (C=O) groups is 1. The first-order valence-corrected chi connectivity index (χ1v) is 6.42. The Balaban J connectivity index is 2.94. The summed E-state index contributed by atoms with van der Waals surface area (Å²) < 4.78 is 4.80. The molecule has 0 aromatic heterocycles. The molecule has 19 heavy (non-hydrogen) atoms. The normalized spacial score (nSPS) is 12.0. The standard InChI is InChI=1S/C12H13Cl2NO4/c1-3-19-12(16)10(14)6-8-5-9(13)11(15(17)18)4-7(8)2/h4-5,10H,3,6H2,1-2H3. The lowest BCUT2D eigenvalue weighted by molar-refractivity contribution is -0.384. The van der Waals surface area contributed by atoms with Gasteiger partial charge in [-0.1, -0.05) is 11.6 Å². The monoisotopic (exact) mass is 305 g/mol. The Labute approximate surface area is 120 Å². The van der Waals surface area contributed by atoms with Crippen LogP contribution in [0.5, 0.6) is 0 Å². The van der Waals surface area contributed by atoms with E-state index in [2.05, 4.69) is 0 Å². The third kappa shape index (κ3) is 4.08. The first kappa shape index (κ1) is 15.7. The number of halogens is 2. The Morgan fingerprint density at radius 3 is 2.68 bits per heavy atom. The summed E-state index contributed by atoms with van der Waals surface area (Å²) in [5.74, 6) is -0.516. The third-order valence-electron chi connectivity index (χ3n) is 2.54. The van der Waals surface area contributed by atoms with Gasteiger partial charge in [-0.05, 0) is 37.5 Å². The number of nitro groups is 1. The van der Waals surface area contributed by atoms with E-state index >= 15 is 0 Å².